The van der Waals surface area contributed by atoms with Gasteiger partial charge in [0, 0.05) is 5.75 Å². The molecule has 1 heterocycles. The molecule has 0 spiro atoms. The fraction of sp³-hybridized carbons (Fsp3) is 0.318. The van der Waals surface area contributed by atoms with Crippen LogP contribution in [0.3, 0.4) is 0 Å². The Morgan fingerprint density at radius 2 is 1.93 bits per heavy atom. The number of benzene rings is 2. The Kier molecular flexibility index (Phi) is 6.46. The number of hydrogen-bond donors (Lipinski definition) is 1. The summed E-state index contributed by atoms with van der Waals surface area (Å²) < 4.78 is 6.69. The second kappa shape index (κ2) is 9.41. The van der Waals surface area contributed by atoms with Crippen LogP contribution in [0, 0.1) is 0 Å². The summed E-state index contributed by atoms with van der Waals surface area (Å²) in [6, 6.07) is 16.3. The molecule has 1 atom stereocenters. The molecule has 1 aromatic heterocycles. The molecular weight excluding hydrogens is 402 g/mol. The molecule has 2 aromatic carbocycles. The van der Waals surface area contributed by atoms with E-state index in [1.54, 1.807) is 18.7 Å². The molecule has 1 aliphatic rings. The molecule has 0 bridgehead atoms. The summed E-state index contributed by atoms with van der Waals surface area (Å²) in [5.74, 6) is 1.34. The van der Waals surface area contributed by atoms with Crippen LogP contribution >= 0.6 is 23.1 Å². The molecule has 1 aliphatic carbocycles. The first kappa shape index (κ1) is 19.9. The zero-order chi connectivity index (χ0) is 20.1. The SMILES string of the molecule is C[C@@H](Oc1ccc2c(c1)CCCC2)C(=O)Nc1nnc(SCc2ccccc2)s1. The van der Waals surface area contributed by atoms with Gasteiger partial charge in [-0.05, 0) is 61.4 Å². The van der Waals surface area contributed by atoms with Gasteiger partial charge in [-0.25, -0.2) is 0 Å². The van der Waals surface area contributed by atoms with Crippen LogP contribution in [0.1, 0.15) is 36.5 Å². The summed E-state index contributed by atoms with van der Waals surface area (Å²) in [6.45, 7) is 1.75. The summed E-state index contributed by atoms with van der Waals surface area (Å²) in [6.07, 6.45) is 4.07. The lowest BCUT2D eigenvalue weighted by molar-refractivity contribution is -0.122. The highest BCUT2D eigenvalue weighted by molar-refractivity contribution is 8.00. The van der Waals surface area contributed by atoms with Crippen LogP contribution in [0.25, 0.3) is 0 Å². The predicted octanol–water partition coefficient (Wildman–Crippen LogP) is 5.12. The number of rotatable bonds is 7. The van der Waals surface area contributed by atoms with E-state index in [0.29, 0.717) is 5.13 Å². The number of fused-ring (bicyclic) bond motifs is 1. The Morgan fingerprint density at radius 1 is 1.14 bits per heavy atom. The first-order chi connectivity index (χ1) is 14.2. The summed E-state index contributed by atoms with van der Waals surface area (Å²) in [5.41, 5.74) is 3.96. The fourth-order valence-electron chi connectivity index (χ4n) is 3.29. The van der Waals surface area contributed by atoms with Crippen molar-refractivity contribution < 1.29 is 9.53 Å². The number of thioether (sulfide) groups is 1. The second-order valence-electron chi connectivity index (χ2n) is 7.03. The van der Waals surface area contributed by atoms with Crippen LogP contribution in [0.2, 0.25) is 0 Å². The number of aryl methyl sites for hydroxylation is 2. The van der Waals surface area contributed by atoms with Crippen LogP contribution in [0.4, 0.5) is 5.13 Å². The molecule has 0 saturated carbocycles. The van der Waals surface area contributed by atoms with Crippen molar-refractivity contribution >= 4 is 34.1 Å². The summed E-state index contributed by atoms with van der Waals surface area (Å²) in [5, 5.41) is 11.5. The van der Waals surface area contributed by atoms with Gasteiger partial charge < -0.3 is 4.74 Å². The smallest absolute Gasteiger partial charge is 0.266 e. The number of ether oxygens (including phenoxy) is 1. The number of hydrogen-bond acceptors (Lipinski definition) is 6. The topological polar surface area (TPSA) is 64.1 Å². The van der Waals surface area contributed by atoms with Crippen molar-refractivity contribution in [1.29, 1.82) is 0 Å². The third kappa shape index (κ3) is 5.36. The number of carbonyl (C=O) groups excluding carboxylic acids is 1. The third-order valence-electron chi connectivity index (χ3n) is 4.84. The lowest BCUT2D eigenvalue weighted by atomic mass is 9.92. The predicted molar refractivity (Wildman–Crippen MR) is 118 cm³/mol. The molecule has 29 heavy (non-hydrogen) atoms. The van der Waals surface area contributed by atoms with Gasteiger partial charge in [0.2, 0.25) is 5.13 Å². The van der Waals surface area contributed by atoms with Crippen molar-refractivity contribution in [2.24, 2.45) is 0 Å². The van der Waals surface area contributed by atoms with Gasteiger partial charge in [0.15, 0.2) is 10.4 Å². The van der Waals surface area contributed by atoms with Crippen LogP contribution in [0.5, 0.6) is 5.75 Å². The van der Waals surface area contributed by atoms with Crippen molar-refractivity contribution in [2.75, 3.05) is 5.32 Å². The molecule has 0 unspecified atom stereocenters. The fourth-order valence-corrected chi connectivity index (χ4v) is 5.00. The average molecular weight is 426 g/mol. The maximum atomic E-state index is 12.5. The Bertz CT molecular complexity index is 975. The zero-order valence-electron chi connectivity index (χ0n) is 16.3. The van der Waals surface area contributed by atoms with Crippen LogP contribution < -0.4 is 10.1 Å². The van der Waals surface area contributed by atoms with E-state index >= 15 is 0 Å². The molecule has 0 radical (unpaired) electrons. The monoisotopic (exact) mass is 425 g/mol. The van der Waals surface area contributed by atoms with Gasteiger partial charge >= 0.3 is 0 Å². The summed E-state index contributed by atoms with van der Waals surface area (Å²) in [7, 11) is 0. The van der Waals surface area contributed by atoms with Gasteiger partial charge in [-0.1, -0.05) is 59.5 Å². The molecule has 1 N–H and O–H groups in total. The molecule has 150 valence electrons. The number of amides is 1. The van der Waals surface area contributed by atoms with Gasteiger partial charge in [0.05, 0.1) is 0 Å². The first-order valence-corrected chi connectivity index (χ1v) is 11.6. The summed E-state index contributed by atoms with van der Waals surface area (Å²) >= 11 is 2.98. The van der Waals surface area contributed by atoms with Crippen LogP contribution in [0.15, 0.2) is 52.9 Å². The van der Waals surface area contributed by atoms with Crippen molar-refractivity contribution in [1.82, 2.24) is 10.2 Å². The minimum absolute atomic E-state index is 0.224. The van der Waals surface area contributed by atoms with Gasteiger partial charge in [-0.2, -0.15) is 0 Å². The minimum atomic E-state index is -0.610. The number of nitrogens with zero attached hydrogens (tertiary/aromatic N) is 2. The van der Waals surface area contributed by atoms with Gasteiger partial charge in [-0.15, -0.1) is 10.2 Å². The zero-order valence-corrected chi connectivity index (χ0v) is 17.9. The molecule has 5 nitrogen and oxygen atoms in total. The number of carbonyl (C=O) groups is 1. The Balaban J connectivity index is 1.30. The first-order valence-electron chi connectivity index (χ1n) is 9.77. The highest BCUT2D eigenvalue weighted by atomic mass is 32.2. The number of nitrogens with one attached hydrogen (secondary N) is 1. The molecule has 3 aromatic rings. The molecule has 0 fully saturated rings. The quantitative estimate of drug-likeness (QED) is 0.421. The maximum Gasteiger partial charge on any atom is 0.266 e. The van der Waals surface area contributed by atoms with E-state index in [4.69, 9.17) is 4.74 Å². The van der Waals surface area contributed by atoms with E-state index in [9.17, 15) is 4.79 Å². The maximum absolute atomic E-state index is 12.5. The largest absolute Gasteiger partial charge is 0.481 e. The van der Waals surface area contributed by atoms with Gasteiger partial charge in [-0.3, -0.25) is 10.1 Å². The van der Waals surface area contributed by atoms with Crippen molar-refractivity contribution in [3.8, 4) is 5.75 Å². The molecule has 0 saturated heterocycles. The Morgan fingerprint density at radius 3 is 2.76 bits per heavy atom. The minimum Gasteiger partial charge on any atom is -0.481 e. The van der Waals surface area contributed by atoms with E-state index < -0.39 is 6.10 Å². The molecule has 4 rings (SSSR count). The number of aromatic nitrogens is 2. The van der Waals surface area contributed by atoms with Gasteiger partial charge in [0.25, 0.3) is 5.91 Å². The van der Waals surface area contributed by atoms with E-state index in [1.165, 1.54) is 40.9 Å². The van der Waals surface area contributed by atoms with Crippen molar-refractivity contribution in [3.05, 3.63) is 65.2 Å². The molecular formula is C22H23N3O2S2. The highest BCUT2D eigenvalue weighted by Gasteiger charge is 2.18. The van der Waals surface area contributed by atoms with E-state index in [0.717, 1.165) is 28.7 Å². The average Bonchev–Trinajstić information content (AvgIpc) is 3.20. The highest BCUT2D eigenvalue weighted by Crippen LogP contribution is 2.29. The molecule has 0 aliphatic heterocycles. The molecule has 7 heteroatoms. The standard InChI is InChI=1S/C22H23N3O2S2/c1-15(27-19-12-11-17-9-5-6-10-18(17)13-19)20(26)23-21-24-25-22(29-21)28-14-16-7-3-2-4-8-16/h2-4,7-8,11-13,15H,5-6,9-10,14H2,1H3,(H,23,24,26)/t15-/m1/s1. The van der Waals surface area contributed by atoms with E-state index in [1.807, 2.05) is 24.3 Å². The number of anilines is 1. The van der Waals surface area contributed by atoms with Gasteiger partial charge in [0.1, 0.15) is 5.75 Å². The second-order valence-corrected chi connectivity index (χ2v) is 9.23. The van der Waals surface area contributed by atoms with E-state index in [2.05, 4.69) is 39.8 Å². The Labute approximate surface area is 178 Å². The van der Waals surface area contributed by atoms with Crippen molar-refractivity contribution in [3.63, 3.8) is 0 Å². The Hall–Kier alpha value is -2.38. The van der Waals surface area contributed by atoms with Crippen LogP contribution in [-0.2, 0) is 23.4 Å². The van der Waals surface area contributed by atoms with E-state index in [-0.39, 0.29) is 5.91 Å². The van der Waals surface area contributed by atoms with Crippen molar-refractivity contribution in [2.45, 2.75) is 48.8 Å². The van der Waals surface area contributed by atoms with Crippen LogP contribution in [-0.4, -0.2) is 22.2 Å². The summed E-state index contributed by atoms with van der Waals surface area (Å²) in [4.78, 5) is 12.5. The normalized spacial score (nSPS) is 14.1. The third-order valence-corrected chi connectivity index (χ3v) is 6.89. The lowest BCUT2D eigenvalue weighted by Crippen LogP contribution is -2.30. The lowest BCUT2D eigenvalue weighted by Gasteiger charge is -2.18. The molecule has 1 amide bonds.